The minimum absolute atomic E-state index is 0.376. The van der Waals surface area contributed by atoms with Crippen LogP contribution in [-0.4, -0.2) is 18.6 Å². The normalized spacial score (nSPS) is 10.5. The average molecular weight is 327 g/mol. The standard InChI is InChI=1S/C14H13BrF2N2/c1-19(14-5-2-11(15)9-18-14)7-6-10-8-12(16)3-4-13(10)17/h2-5,8-9H,6-7H2,1H3. The van der Waals surface area contributed by atoms with Crippen LogP contribution in [0.1, 0.15) is 5.56 Å². The van der Waals surface area contributed by atoms with Crippen molar-refractivity contribution in [2.45, 2.75) is 6.42 Å². The molecular weight excluding hydrogens is 314 g/mol. The molecule has 0 aliphatic heterocycles. The largest absolute Gasteiger partial charge is 0.359 e. The Labute approximate surface area is 119 Å². The highest BCUT2D eigenvalue weighted by molar-refractivity contribution is 9.10. The predicted molar refractivity (Wildman–Crippen MR) is 75.3 cm³/mol. The Hall–Kier alpha value is -1.49. The lowest BCUT2D eigenvalue weighted by molar-refractivity contribution is 0.584. The van der Waals surface area contributed by atoms with Crippen molar-refractivity contribution in [2.75, 3.05) is 18.5 Å². The molecular formula is C14H13BrF2N2. The van der Waals surface area contributed by atoms with Gasteiger partial charge in [-0.15, -0.1) is 0 Å². The summed E-state index contributed by atoms with van der Waals surface area (Å²) in [6.45, 7) is 0.564. The lowest BCUT2D eigenvalue weighted by Crippen LogP contribution is -2.21. The quantitative estimate of drug-likeness (QED) is 0.849. The van der Waals surface area contributed by atoms with Crippen LogP contribution < -0.4 is 4.90 Å². The molecule has 0 bridgehead atoms. The minimum Gasteiger partial charge on any atom is -0.359 e. The Bertz CT molecular complexity index is 558. The molecule has 0 saturated carbocycles. The Balaban J connectivity index is 2.02. The fraction of sp³-hybridized carbons (Fsp3) is 0.214. The molecule has 1 aromatic heterocycles. The maximum absolute atomic E-state index is 13.5. The number of hydrogen-bond donors (Lipinski definition) is 0. The molecule has 100 valence electrons. The fourth-order valence-electron chi connectivity index (χ4n) is 1.73. The van der Waals surface area contributed by atoms with Crippen LogP contribution >= 0.6 is 15.9 Å². The van der Waals surface area contributed by atoms with Crippen molar-refractivity contribution in [1.29, 1.82) is 0 Å². The second-order valence-electron chi connectivity index (χ2n) is 4.24. The third kappa shape index (κ3) is 3.73. The monoisotopic (exact) mass is 326 g/mol. The molecule has 0 fully saturated rings. The van der Waals surface area contributed by atoms with E-state index in [2.05, 4.69) is 20.9 Å². The molecule has 1 heterocycles. The van der Waals surface area contributed by atoms with Crippen LogP contribution in [0.2, 0.25) is 0 Å². The van der Waals surface area contributed by atoms with Crippen molar-refractivity contribution in [3.8, 4) is 0 Å². The molecule has 0 radical (unpaired) electrons. The number of nitrogens with zero attached hydrogens (tertiary/aromatic N) is 2. The van der Waals surface area contributed by atoms with Crippen LogP contribution in [0.4, 0.5) is 14.6 Å². The topological polar surface area (TPSA) is 16.1 Å². The summed E-state index contributed by atoms with van der Waals surface area (Å²) in [4.78, 5) is 6.14. The average Bonchev–Trinajstić information content (AvgIpc) is 2.40. The van der Waals surface area contributed by atoms with E-state index in [-0.39, 0.29) is 5.82 Å². The van der Waals surface area contributed by atoms with Gasteiger partial charge in [0.15, 0.2) is 0 Å². The first-order valence-corrected chi connectivity index (χ1v) is 6.62. The number of anilines is 1. The van der Waals surface area contributed by atoms with E-state index in [0.717, 1.165) is 22.4 Å². The van der Waals surface area contributed by atoms with Crippen LogP contribution in [0.5, 0.6) is 0 Å². The second-order valence-corrected chi connectivity index (χ2v) is 5.16. The lowest BCUT2D eigenvalue weighted by Gasteiger charge is -2.18. The number of rotatable bonds is 4. The van der Waals surface area contributed by atoms with Gasteiger partial charge in [-0.2, -0.15) is 0 Å². The van der Waals surface area contributed by atoms with Gasteiger partial charge in [0.25, 0.3) is 0 Å². The van der Waals surface area contributed by atoms with Gasteiger partial charge in [-0.05, 0) is 58.2 Å². The van der Waals surface area contributed by atoms with E-state index < -0.39 is 5.82 Å². The molecule has 1 aromatic carbocycles. The maximum atomic E-state index is 13.5. The number of aromatic nitrogens is 1. The Morgan fingerprint density at radius 1 is 1.21 bits per heavy atom. The molecule has 0 atom stereocenters. The van der Waals surface area contributed by atoms with E-state index in [4.69, 9.17) is 0 Å². The zero-order chi connectivity index (χ0) is 13.8. The molecule has 2 nitrogen and oxygen atoms in total. The Morgan fingerprint density at radius 2 is 2.00 bits per heavy atom. The summed E-state index contributed by atoms with van der Waals surface area (Å²) in [6, 6.07) is 7.27. The van der Waals surface area contributed by atoms with Gasteiger partial charge >= 0.3 is 0 Å². The maximum Gasteiger partial charge on any atom is 0.128 e. The number of benzene rings is 1. The first-order chi connectivity index (χ1) is 9.06. The lowest BCUT2D eigenvalue weighted by atomic mass is 10.1. The molecule has 0 N–H and O–H groups in total. The zero-order valence-corrected chi connectivity index (χ0v) is 12.0. The van der Waals surface area contributed by atoms with Gasteiger partial charge in [-0.25, -0.2) is 13.8 Å². The molecule has 0 aliphatic carbocycles. The molecule has 19 heavy (non-hydrogen) atoms. The van der Waals surface area contributed by atoms with Crippen LogP contribution in [0.15, 0.2) is 41.0 Å². The van der Waals surface area contributed by atoms with Gasteiger partial charge < -0.3 is 4.90 Å². The Morgan fingerprint density at radius 3 is 2.68 bits per heavy atom. The van der Waals surface area contributed by atoms with Gasteiger partial charge in [-0.3, -0.25) is 0 Å². The van der Waals surface area contributed by atoms with Crippen molar-refractivity contribution in [2.24, 2.45) is 0 Å². The van der Waals surface area contributed by atoms with Gasteiger partial charge in [0.2, 0.25) is 0 Å². The highest BCUT2D eigenvalue weighted by Crippen LogP contribution is 2.15. The van der Waals surface area contributed by atoms with Crippen molar-refractivity contribution in [3.63, 3.8) is 0 Å². The van der Waals surface area contributed by atoms with Crippen molar-refractivity contribution < 1.29 is 8.78 Å². The first kappa shape index (κ1) is 13.9. The summed E-state index contributed by atoms with van der Waals surface area (Å²) in [5.74, 6) is -0.000559. The summed E-state index contributed by atoms with van der Waals surface area (Å²) in [7, 11) is 1.87. The molecule has 2 aromatic rings. The SMILES string of the molecule is CN(CCc1cc(F)ccc1F)c1ccc(Br)cn1. The van der Waals surface area contributed by atoms with Crippen LogP contribution in [0.25, 0.3) is 0 Å². The van der Waals surface area contributed by atoms with E-state index in [9.17, 15) is 8.78 Å². The number of halogens is 3. The second kappa shape index (κ2) is 6.10. The van der Waals surface area contributed by atoms with Crippen molar-refractivity contribution >= 4 is 21.7 Å². The molecule has 0 amide bonds. The van der Waals surface area contributed by atoms with Gasteiger partial charge in [-0.1, -0.05) is 0 Å². The molecule has 5 heteroatoms. The van der Waals surface area contributed by atoms with Gasteiger partial charge in [0.1, 0.15) is 17.5 Å². The van der Waals surface area contributed by atoms with Gasteiger partial charge in [0, 0.05) is 24.3 Å². The highest BCUT2D eigenvalue weighted by Gasteiger charge is 2.07. The summed E-state index contributed by atoms with van der Waals surface area (Å²) < 4.78 is 27.4. The van der Waals surface area contributed by atoms with Crippen LogP contribution in [0, 0.1) is 11.6 Å². The van der Waals surface area contributed by atoms with Gasteiger partial charge in [0.05, 0.1) is 0 Å². The van der Waals surface area contributed by atoms with E-state index in [0.29, 0.717) is 18.5 Å². The summed E-state index contributed by atoms with van der Waals surface area (Å²) in [5.41, 5.74) is 0.379. The molecule has 0 spiro atoms. The van der Waals surface area contributed by atoms with Crippen molar-refractivity contribution in [1.82, 2.24) is 4.98 Å². The number of likely N-dealkylation sites (N-methyl/N-ethyl adjacent to an activating group) is 1. The van der Waals surface area contributed by atoms with Crippen LogP contribution in [-0.2, 0) is 6.42 Å². The zero-order valence-electron chi connectivity index (χ0n) is 10.4. The van der Waals surface area contributed by atoms with Crippen LogP contribution in [0.3, 0.4) is 0 Å². The molecule has 0 saturated heterocycles. The minimum atomic E-state index is -0.416. The number of pyridine rings is 1. The summed E-state index contributed by atoms with van der Waals surface area (Å²) in [5, 5.41) is 0. The first-order valence-electron chi connectivity index (χ1n) is 5.83. The van der Waals surface area contributed by atoms with E-state index in [1.165, 1.54) is 6.07 Å². The highest BCUT2D eigenvalue weighted by atomic mass is 79.9. The molecule has 0 aliphatic rings. The van der Waals surface area contributed by atoms with Crippen molar-refractivity contribution in [3.05, 3.63) is 58.2 Å². The molecule has 2 rings (SSSR count). The number of hydrogen-bond acceptors (Lipinski definition) is 2. The fourth-order valence-corrected chi connectivity index (χ4v) is 1.97. The third-order valence-electron chi connectivity index (χ3n) is 2.83. The van der Waals surface area contributed by atoms with E-state index >= 15 is 0 Å². The third-order valence-corrected chi connectivity index (χ3v) is 3.30. The smallest absolute Gasteiger partial charge is 0.128 e. The summed E-state index contributed by atoms with van der Waals surface area (Å²) >= 11 is 3.32. The van der Waals surface area contributed by atoms with E-state index in [1.54, 1.807) is 6.20 Å². The Kier molecular flexibility index (Phi) is 4.47. The predicted octanol–water partition coefficient (Wildman–Crippen LogP) is 3.80. The van der Waals surface area contributed by atoms with E-state index in [1.807, 2.05) is 24.1 Å². The molecule has 0 unspecified atom stereocenters. The summed E-state index contributed by atoms with van der Waals surface area (Å²) in [6.07, 6.45) is 2.13.